The van der Waals surface area contributed by atoms with E-state index in [1.807, 2.05) is 11.4 Å². The number of amides is 1. The molecule has 2 N–H and O–H groups in total. The summed E-state index contributed by atoms with van der Waals surface area (Å²) in [5.74, 6) is -1.34. The minimum Gasteiger partial charge on any atom is -0.479 e. The number of rotatable bonds is 7. The highest BCUT2D eigenvalue weighted by Gasteiger charge is 2.39. The maximum atomic E-state index is 12.2. The lowest BCUT2D eigenvalue weighted by Crippen LogP contribution is -2.51. The number of aryl methyl sites for hydroxylation is 1. The number of nitrogens with zero attached hydrogens (tertiary/aromatic N) is 1. The lowest BCUT2D eigenvalue weighted by atomic mass is 9.87. The van der Waals surface area contributed by atoms with E-state index in [0.29, 0.717) is 12.0 Å². The number of carboxylic acids is 1. The van der Waals surface area contributed by atoms with Crippen LogP contribution in [0.25, 0.3) is 0 Å². The van der Waals surface area contributed by atoms with E-state index in [2.05, 4.69) is 10.3 Å². The van der Waals surface area contributed by atoms with Gasteiger partial charge in [-0.05, 0) is 18.4 Å². The molecule has 1 unspecified atom stereocenters. The Morgan fingerprint density at radius 1 is 1.32 bits per heavy atom. The first-order valence-electron chi connectivity index (χ1n) is 7.05. The summed E-state index contributed by atoms with van der Waals surface area (Å²) in [6.07, 6.45) is 0.990. The number of carboxylic acid groups (broad SMARTS) is 1. The van der Waals surface area contributed by atoms with E-state index in [9.17, 15) is 14.7 Å². The normalized spacial score (nSPS) is 13.3. The van der Waals surface area contributed by atoms with E-state index in [1.165, 1.54) is 11.3 Å². The SMILES string of the molecule is CCC(NC(=O)CCc1cscn1)(C(=O)O)c1ccccc1. The van der Waals surface area contributed by atoms with Crippen LogP contribution in [0, 0.1) is 0 Å². The van der Waals surface area contributed by atoms with Crippen molar-refractivity contribution in [3.05, 3.63) is 52.5 Å². The van der Waals surface area contributed by atoms with Crippen molar-refractivity contribution in [3.63, 3.8) is 0 Å². The summed E-state index contributed by atoms with van der Waals surface area (Å²) >= 11 is 1.47. The van der Waals surface area contributed by atoms with E-state index in [1.54, 1.807) is 36.7 Å². The summed E-state index contributed by atoms with van der Waals surface area (Å²) < 4.78 is 0. The zero-order valence-corrected chi connectivity index (χ0v) is 13.1. The number of thiazole rings is 1. The van der Waals surface area contributed by atoms with Crippen molar-refractivity contribution in [2.75, 3.05) is 0 Å². The predicted octanol–water partition coefficient (Wildman–Crippen LogP) is 2.58. The lowest BCUT2D eigenvalue weighted by Gasteiger charge is -2.30. The molecule has 0 radical (unpaired) electrons. The molecule has 0 fully saturated rings. The number of nitrogens with one attached hydrogen (secondary N) is 1. The average Bonchev–Trinajstić information content (AvgIpc) is 3.04. The monoisotopic (exact) mass is 318 g/mol. The molecule has 1 heterocycles. The van der Waals surface area contributed by atoms with Crippen molar-refractivity contribution < 1.29 is 14.7 Å². The van der Waals surface area contributed by atoms with Gasteiger partial charge in [0.25, 0.3) is 0 Å². The van der Waals surface area contributed by atoms with Gasteiger partial charge in [-0.3, -0.25) is 4.79 Å². The molecule has 6 heteroatoms. The van der Waals surface area contributed by atoms with Gasteiger partial charge in [-0.15, -0.1) is 11.3 Å². The molecule has 0 bridgehead atoms. The number of aromatic nitrogens is 1. The van der Waals surface area contributed by atoms with E-state index >= 15 is 0 Å². The zero-order chi connectivity index (χ0) is 16.0. The van der Waals surface area contributed by atoms with Gasteiger partial charge in [0.2, 0.25) is 5.91 Å². The van der Waals surface area contributed by atoms with Crippen molar-refractivity contribution in [1.82, 2.24) is 10.3 Å². The summed E-state index contributed by atoms with van der Waals surface area (Å²) in [7, 11) is 0. The Labute approximate surface area is 133 Å². The Kier molecular flexibility index (Phi) is 5.27. The number of hydrogen-bond acceptors (Lipinski definition) is 4. The molecule has 116 valence electrons. The maximum Gasteiger partial charge on any atom is 0.334 e. The van der Waals surface area contributed by atoms with Gasteiger partial charge in [-0.25, -0.2) is 9.78 Å². The molecule has 2 rings (SSSR count). The zero-order valence-electron chi connectivity index (χ0n) is 12.3. The third kappa shape index (κ3) is 3.51. The molecule has 22 heavy (non-hydrogen) atoms. The van der Waals surface area contributed by atoms with Crippen LogP contribution >= 0.6 is 11.3 Å². The van der Waals surface area contributed by atoms with Crippen LogP contribution in [0.3, 0.4) is 0 Å². The van der Waals surface area contributed by atoms with Crippen LogP contribution in [0.4, 0.5) is 0 Å². The summed E-state index contributed by atoms with van der Waals surface area (Å²) in [6, 6.07) is 8.79. The highest BCUT2D eigenvalue weighted by Crippen LogP contribution is 2.25. The molecule has 0 aliphatic carbocycles. The van der Waals surface area contributed by atoms with Gasteiger partial charge in [-0.1, -0.05) is 37.3 Å². The van der Waals surface area contributed by atoms with Crippen LogP contribution in [-0.2, 0) is 21.5 Å². The quantitative estimate of drug-likeness (QED) is 0.822. The summed E-state index contributed by atoms with van der Waals surface area (Å²) in [5.41, 5.74) is 1.75. The number of hydrogen-bond donors (Lipinski definition) is 2. The molecule has 0 spiro atoms. The smallest absolute Gasteiger partial charge is 0.334 e. The number of carbonyl (C=O) groups excluding carboxylic acids is 1. The molecule has 1 aromatic carbocycles. The first-order valence-corrected chi connectivity index (χ1v) is 8.00. The topological polar surface area (TPSA) is 79.3 Å². The van der Waals surface area contributed by atoms with Gasteiger partial charge < -0.3 is 10.4 Å². The predicted molar refractivity (Wildman–Crippen MR) is 84.6 cm³/mol. The number of benzene rings is 1. The van der Waals surface area contributed by atoms with Crippen LogP contribution in [0.15, 0.2) is 41.2 Å². The van der Waals surface area contributed by atoms with Gasteiger partial charge in [0.05, 0.1) is 11.2 Å². The van der Waals surface area contributed by atoms with Crippen molar-refractivity contribution in [2.45, 2.75) is 31.7 Å². The van der Waals surface area contributed by atoms with Crippen molar-refractivity contribution in [1.29, 1.82) is 0 Å². The summed E-state index contributed by atoms with van der Waals surface area (Å²) in [6.45, 7) is 1.75. The maximum absolute atomic E-state index is 12.2. The van der Waals surface area contributed by atoms with Gasteiger partial charge >= 0.3 is 5.97 Å². The standard InChI is InChI=1S/C16H18N2O3S/c1-2-16(15(20)21,12-6-4-3-5-7-12)18-14(19)9-8-13-10-22-11-17-13/h3-7,10-11H,2,8-9H2,1H3,(H,18,19)(H,20,21). The summed E-state index contributed by atoms with van der Waals surface area (Å²) in [4.78, 5) is 28.1. The van der Waals surface area contributed by atoms with Gasteiger partial charge in [0.15, 0.2) is 5.54 Å². The second-order valence-corrected chi connectivity index (χ2v) is 5.68. The van der Waals surface area contributed by atoms with Crippen molar-refractivity contribution >= 4 is 23.2 Å². The van der Waals surface area contributed by atoms with E-state index in [4.69, 9.17) is 0 Å². The molecule has 0 aliphatic heterocycles. The third-order valence-corrected chi connectivity index (χ3v) is 4.24. The van der Waals surface area contributed by atoms with Gasteiger partial charge in [-0.2, -0.15) is 0 Å². The first-order chi connectivity index (χ1) is 10.6. The first kappa shape index (κ1) is 16.2. The Balaban J connectivity index is 2.13. The highest BCUT2D eigenvalue weighted by molar-refractivity contribution is 7.07. The average molecular weight is 318 g/mol. The van der Waals surface area contributed by atoms with E-state index in [0.717, 1.165) is 5.69 Å². The number of carbonyl (C=O) groups is 2. The molecule has 0 saturated heterocycles. The Morgan fingerprint density at radius 3 is 2.59 bits per heavy atom. The highest BCUT2D eigenvalue weighted by atomic mass is 32.1. The fraction of sp³-hybridized carbons (Fsp3) is 0.312. The molecular formula is C16H18N2O3S. The molecule has 1 atom stereocenters. The fourth-order valence-electron chi connectivity index (χ4n) is 2.32. The summed E-state index contributed by atoms with van der Waals surface area (Å²) in [5, 5.41) is 14.2. The second-order valence-electron chi connectivity index (χ2n) is 4.96. The van der Waals surface area contributed by atoms with Crippen LogP contribution in [0.5, 0.6) is 0 Å². The second kappa shape index (κ2) is 7.17. The van der Waals surface area contributed by atoms with Crippen LogP contribution < -0.4 is 5.32 Å². The molecule has 0 saturated carbocycles. The molecule has 1 aromatic heterocycles. The van der Waals surface area contributed by atoms with Crippen molar-refractivity contribution in [3.8, 4) is 0 Å². The minimum atomic E-state index is -1.39. The number of aliphatic carboxylic acids is 1. The fourth-order valence-corrected chi connectivity index (χ4v) is 2.91. The Hall–Kier alpha value is -2.21. The Morgan fingerprint density at radius 2 is 2.05 bits per heavy atom. The lowest BCUT2D eigenvalue weighted by molar-refractivity contribution is -0.148. The van der Waals surface area contributed by atoms with E-state index in [-0.39, 0.29) is 18.7 Å². The van der Waals surface area contributed by atoms with Crippen molar-refractivity contribution in [2.24, 2.45) is 0 Å². The molecule has 5 nitrogen and oxygen atoms in total. The van der Waals surface area contributed by atoms with Gasteiger partial charge in [0, 0.05) is 11.8 Å². The van der Waals surface area contributed by atoms with Crippen LogP contribution in [0.2, 0.25) is 0 Å². The molecule has 1 amide bonds. The molecule has 0 aliphatic rings. The molecule has 2 aromatic rings. The minimum absolute atomic E-state index is 0.214. The third-order valence-electron chi connectivity index (χ3n) is 3.61. The molecular weight excluding hydrogens is 300 g/mol. The Bertz CT molecular complexity index is 628. The van der Waals surface area contributed by atoms with Gasteiger partial charge in [0.1, 0.15) is 0 Å². The van der Waals surface area contributed by atoms with E-state index < -0.39 is 11.5 Å². The van der Waals surface area contributed by atoms with Crippen LogP contribution in [-0.4, -0.2) is 22.0 Å². The van der Waals surface area contributed by atoms with Crippen LogP contribution in [0.1, 0.15) is 31.0 Å². The largest absolute Gasteiger partial charge is 0.479 e.